The van der Waals surface area contributed by atoms with Gasteiger partial charge in [-0.05, 0) is 30.4 Å². The molecule has 106 valence electrons. The van der Waals surface area contributed by atoms with Gasteiger partial charge >= 0.3 is 0 Å². The fourth-order valence-corrected chi connectivity index (χ4v) is 2.17. The van der Waals surface area contributed by atoms with Crippen molar-refractivity contribution in [2.24, 2.45) is 0 Å². The fraction of sp³-hybridized carbons (Fsp3) is 0.167. The lowest BCUT2D eigenvalue weighted by Gasteiger charge is -2.11. The molecule has 0 aliphatic rings. The van der Waals surface area contributed by atoms with E-state index in [9.17, 15) is 0 Å². The molecule has 1 heterocycles. The summed E-state index contributed by atoms with van der Waals surface area (Å²) in [5.41, 5.74) is 0.777. The van der Waals surface area contributed by atoms with E-state index >= 15 is 0 Å². The summed E-state index contributed by atoms with van der Waals surface area (Å²) >= 11 is 22.7. The van der Waals surface area contributed by atoms with E-state index in [0.29, 0.717) is 33.3 Å². The number of anilines is 1. The van der Waals surface area contributed by atoms with Crippen LogP contribution in [-0.2, 0) is 6.54 Å². The number of thiocarbonyl (C=S) groups is 1. The van der Waals surface area contributed by atoms with E-state index in [1.807, 2.05) is 0 Å². The third kappa shape index (κ3) is 4.52. The highest BCUT2D eigenvalue weighted by molar-refractivity contribution is 7.80. The molecule has 2 aromatic rings. The molecular formula is C12H11Cl3N4S. The first-order valence-corrected chi connectivity index (χ1v) is 7.26. The average molecular weight is 350 g/mol. The Hall–Kier alpha value is -1.01. The van der Waals surface area contributed by atoms with Crippen LogP contribution in [0.25, 0.3) is 0 Å². The molecule has 0 atom stereocenters. The number of halogens is 3. The summed E-state index contributed by atoms with van der Waals surface area (Å²) in [6.07, 6.45) is 3.34. The Morgan fingerprint density at radius 2 is 2.05 bits per heavy atom. The number of aromatic nitrogens is 2. The minimum absolute atomic E-state index is 0.477. The quantitative estimate of drug-likeness (QED) is 0.823. The van der Waals surface area contributed by atoms with Crippen LogP contribution in [0.2, 0.25) is 15.1 Å². The molecule has 0 saturated heterocycles. The average Bonchev–Trinajstić information content (AvgIpc) is 2.80. The Morgan fingerprint density at radius 1 is 1.25 bits per heavy atom. The second-order valence-corrected chi connectivity index (χ2v) is 5.59. The smallest absolute Gasteiger partial charge is 0.170 e. The van der Waals surface area contributed by atoms with Gasteiger partial charge in [0.1, 0.15) is 0 Å². The summed E-state index contributed by atoms with van der Waals surface area (Å²) in [4.78, 5) is 0. The predicted molar refractivity (Wildman–Crippen MR) is 87.9 cm³/mol. The van der Waals surface area contributed by atoms with E-state index in [4.69, 9.17) is 47.0 Å². The summed E-state index contributed by atoms with van der Waals surface area (Å²) < 4.78 is 1.73. The van der Waals surface area contributed by atoms with E-state index in [1.54, 1.807) is 35.3 Å². The highest BCUT2D eigenvalue weighted by atomic mass is 35.5. The Morgan fingerprint density at radius 3 is 2.70 bits per heavy atom. The van der Waals surface area contributed by atoms with Gasteiger partial charge in [-0.2, -0.15) is 5.10 Å². The van der Waals surface area contributed by atoms with Crippen molar-refractivity contribution in [2.75, 3.05) is 11.9 Å². The monoisotopic (exact) mass is 348 g/mol. The molecule has 0 fully saturated rings. The first-order valence-electron chi connectivity index (χ1n) is 5.72. The summed E-state index contributed by atoms with van der Waals surface area (Å²) in [6.45, 7) is 1.29. The summed E-state index contributed by atoms with van der Waals surface area (Å²) in [6, 6.07) is 5.22. The maximum atomic E-state index is 5.92. The molecule has 0 saturated carbocycles. The molecular weight excluding hydrogens is 339 g/mol. The second kappa shape index (κ2) is 7.13. The number of rotatable bonds is 4. The van der Waals surface area contributed by atoms with Gasteiger partial charge in [0, 0.05) is 18.4 Å². The number of nitrogens with zero attached hydrogens (tertiary/aromatic N) is 2. The Labute approximate surface area is 137 Å². The largest absolute Gasteiger partial charge is 0.361 e. The molecule has 2 rings (SSSR count). The van der Waals surface area contributed by atoms with E-state index in [0.717, 1.165) is 5.69 Å². The Kier molecular flexibility index (Phi) is 5.48. The highest BCUT2D eigenvalue weighted by Gasteiger charge is 2.02. The van der Waals surface area contributed by atoms with Crippen LogP contribution in [0.3, 0.4) is 0 Å². The molecule has 0 radical (unpaired) electrons. The van der Waals surface area contributed by atoms with Crippen LogP contribution >= 0.6 is 47.0 Å². The van der Waals surface area contributed by atoms with E-state index < -0.39 is 0 Å². The van der Waals surface area contributed by atoms with Crippen LogP contribution in [0.5, 0.6) is 0 Å². The summed E-state index contributed by atoms with van der Waals surface area (Å²) in [7, 11) is 0. The van der Waals surface area contributed by atoms with Gasteiger partial charge in [-0.15, -0.1) is 0 Å². The normalized spacial score (nSPS) is 10.3. The lowest BCUT2D eigenvalue weighted by molar-refractivity contribution is 0.604. The number of hydrogen-bond acceptors (Lipinski definition) is 2. The van der Waals surface area contributed by atoms with Crippen LogP contribution in [0.15, 0.2) is 30.6 Å². The molecule has 0 unspecified atom stereocenters. The predicted octanol–water partition coefficient (Wildman–Crippen LogP) is 3.83. The summed E-state index contributed by atoms with van der Waals surface area (Å²) in [5, 5.41) is 12.3. The lowest BCUT2D eigenvalue weighted by Crippen LogP contribution is -2.31. The van der Waals surface area contributed by atoms with Crippen LogP contribution in [0.4, 0.5) is 5.69 Å². The first-order chi connectivity index (χ1) is 9.54. The number of nitrogens with one attached hydrogen (secondary N) is 2. The van der Waals surface area contributed by atoms with Crippen molar-refractivity contribution in [3.05, 3.63) is 45.7 Å². The highest BCUT2D eigenvalue weighted by Crippen LogP contribution is 2.24. The van der Waals surface area contributed by atoms with Gasteiger partial charge in [0.15, 0.2) is 5.11 Å². The third-order valence-corrected chi connectivity index (χ3v) is 3.59. The van der Waals surface area contributed by atoms with Crippen molar-refractivity contribution in [1.29, 1.82) is 0 Å². The minimum atomic E-state index is 0.477. The standard InChI is InChI=1S/C12H11Cl3N4S/c13-8-6-17-19(7-8)4-3-16-12(20)18-9-1-2-10(14)11(15)5-9/h1-2,5-7H,3-4H2,(H2,16,18,20). The molecule has 0 spiro atoms. The Balaban J connectivity index is 1.79. The van der Waals surface area contributed by atoms with Crippen molar-refractivity contribution in [2.45, 2.75) is 6.54 Å². The van der Waals surface area contributed by atoms with E-state index in [1.165, 1.54) is 0 Å². The van der Waals surface area contributed by atoms with Crippen molar-refractivity contribution in [3.63, 3.8) is 0 Å². The molecule has 4 nitrogen and oxygen atoms in total. The Bertz CT molecular complexity index is 614. The maximum Gasteiger partial charge on any atom is 0.170 e. The molecule has 8 heteroatoms. The van der Waals surface area contributed by atoms with Crippen molar-refractivity contribution < 1.29 is 0 Å². The molecule has 20 heavy (non-hydrogen) atoms. The van der Waals surface area contributed by atoms with Gasteiger partial charge in [0.25, 0.3) is 0 Å². The van der Waals surface area contributed by atoms with Gasteiger partial charge < -0.3 is 10.6 Å². The van der Waals surface area contributed by atoms with Gasteiger partial charge in [0.05, 0.1) is 27.8 Å². The van der Waals surface area contributed by atoms with Gasteiger partial charge in [-0.3, -0.25) is 4.68 Å². The SMILES string of the molecule is S=C(NCCn1cc(Cl)cn1)Nc1ccc(Cl)c(Cl)c1. The van der Waals surface area contributed by atoms with Crippen LogP contribution < -0.4 is 10.6 Å². The number of hydrogen-bond donors (Lipinski definition) is 2. The van der Waals surface area contributed by atoms with E-state index in [2.05, 4.69) is 15.7 Å². The van der Waals surface area contributed by atoms with Gasteiger partial charge in [-0.1, -0.05) is 34.8 Å². The maximum absolute atomic E-state index is 5.92. The van der Waals surface area contributed by atoms with Crippen molar-refractivity contribution in [3.8, 4) is 0 Å². The molecule has 0 amide bonds. The third-order valence-electron chi connectivity index (χ3n) is 2.41. The molecule has 1 aromatic heterocycles. The molecule has 0 aliphatic carbocycles. The topological polar surface area (TPSA) is 41.9 Å². The first kappa shape index (κ1) is 15.4. The lowest BCUT2D eigenvalue weighted by atomic mass is 10.3. The van der Waals surface area contributed by atoms with Gasteiger partial charge in [-0.25, -0.2) is 0 Å². The number of benzene rings is 1. The zero-order chi connectivity index (χ0) is 14.5. The van der Waals surface area contributed by atoms with E-state index in [-0.39, 0.29) is 0 Å². The minimum Gasteiger partial charge on any atom is -0.361 e. The molecule has 1 aromatic carbocycles. The van der Waals surface area contributed by atoms with Crippen molar-refractivity contribution in [1.82, 2.24) is 15.1 Å². The zero-order valence-electron chi connectivity index (χ0n) is 10.2. The van der Waals surface area contributed by atoms with Crippen LogP contribution in [0, 0.1) is 0 Å². The summed E-state index contributed by atoms with van der Waals surface area (Å²) in [5.74, 6) is 0. The molecule has 0 aliphatic heterocycles. The van der Waals surface area contributed by atoms with Crippen LogP contribution in [-0.4, -0.2) is 21.4 Å². The zero-order valence-corrected chi connectivity index (χ0v) is 13.3. The molecule has 2 N–H and O–H groups in total. The van der Waals surface area contributed by atoms with Gasteiger partial charge in [0.2, 0.25) is 0 Å². The van der Waals surface area contributed by atoms with Crippen LogP contribution in [0.1, 0.15) is 0 Å². The fourth-order valence-electron chi connectivity index (χ4n) is 1.49. The molecule has 0 bridgehead atoms. The second-order valence-electron chi connectivity index (χ2n) is 3.93. The van der Waals surface area contributed by atoms with Crippen molar-refractivity contribution >= 4 is 57.8 Å².